The number of benzene rings is 3. The van der Waals surface area contributed by atoms with Crippen LogP contribution in [0.1, 0.15) is 78.2 Å². The molecule has 1 aliphatic rings. The van der Waals surface area contributed by atoms with Crippen molar-refractivity contribution in [1.29, 1.82) is 0 Å². The van der Waals surface area contributed by atoms with Crippen molar-refractivity contribution in [3.63, 3.8) is 0 Å². The lowest BCUT2D eigenvalue weighted by Gasteiger charge is -2.36. The van der Waals surface area contributed by atoms with Crippen molar-refractivity contribution in [1.82, 2.24) is 4.90 Å². The molecule has 0 unspecified atom stereocenters. The van der Waals surface area contributed by atoms with Gasteiger partial charge in [0.25, 0.3) is 11.8 Å². The van der Waals surface area contributed by atoms with Gasteiger partial charge in [0, 0.05) is 21.6 Å². The monoisotopic (exact) mass is 712 g/mol. The van der Waals surface area contributed by atoms with Crippen LogP contribution in [0.3, 0.4) is 0 Å². The Morgan fingerprint density at radius 3 is 2.24 bits per heavy atom. The van der Waals surface area contributed by atoms with Crippen molar-refractivity contribution < 1.29 is 32.7 Å². The first-order valence-corrected chi connectivity index (χ1v) is 14.9. The summed E-state index contributed by atoms with van der Waals surface area (Å²) in [4.78, 5) is 42.6. The van der Waals surface area contributed by atoms with Crippen molar-refractivity contribution in [2.75, 3.05) is 11.4 Å². The van der Waals surface area contributed by atoms with Gasteiger partial charge >= 0.3 is 12.1 Å². The Morgan fingerprint density at radius 2 is 1.62 bits per heavy atom. The normalized spacial score (nSPS) is 16.3. The minimum atomic E-state index is -4.56. The van der Waals surface area contributed by atoms with Crippen molar-refractivity contribution in [2.45, 2.75) is 57.3 Å². The Hall–Kier alpha value is -3.12. The maximum absolute atomic E-state index is 14.4. The molecule has 0 radical (unpaired) electrons. The standard InChI is InChI=1S/C31H29ClF3IN2O4/c1-19(20-9-13-23(32)14-10-20)38-28(21-7-11-22(12-8-21)31(33,34)35)30(42)37(17-5-3-2-4-6-27(39)40)26-16-15-24(36)18-25(26)29(38)41/h7-16,18-19,28H,2-6,17H2,1H3,(H,39,40)/t19-,28+/m1/s1. The van der Waals surface area contributed by atoms with E-state index in [1.165, 1.54) is 21.9 Å². The Kier molecular flexibility index (Phi) is 10.2. The molecule has 1 aliphatic heterocycles. The molecule has 0 fully saturated rings. The molecule has 222 valence electrons. The number of fused-ring (bicyclic) bond motifs is 1. The number of amides is 2. The SMILES string of the molecule is C[C@H](c1ccc(Cl)cc1)N1C(=O)c2cc(I)ccc2N(CCCCCCC(=O)O)C(=O)[C@@H]1c1ccc(C(F)(F)F)cc1. The van der Waals surface area contributed by atoms with Crippen molar-refractivity contribution in [2.24, 2.45) is 0 Å². The van der Waals surface area contributed by atoms with Gasteiger partial charge in [-0.25, -0.2) is 0 Å². The summed E-state index contributed by atoms with van der Waals surface area (Å²) in [5.74, 6) is -1.73. The lowest BCUT2D eigenvalue weighted by molar-refractivity contribution is -0.138. The molecule has 0 spiro atoms. The van der Waals surface area contributed by atoms with E-state index in [0.29, 0.717) is 47.5 Å². The number of carboxylic acids is 1. The molecular formula is C31H29ClF3IN2O4. The van der Waals surface area contributed by atoms with Gasteiger partial charge in [0.2, 0.25) is 0 Å². The molecule has 1 N–H and O–H groups in total. The molecule has 0 aromatic heterocycles. The lowest BCUT2D eigenvalue weighted by atomic mass is 9.97. The van der Waals surface area contributed by atoms with E-state index < -0.39 is 41.6 Å². The number of carboxylic acid groups (broad SMARTS) is 1. The van der Waals surface area contributed by atoms with Gasteiger partial charge in [-0.2, -0.15) is 13.2 Å². The van der Waals surface area contributed by atoms with E-state index in [4.69, 9.17) is 16.7 Å². The van der Waals surface area contributed by atoms with Crippen LogP contribution in [0.5, 0.6) is 0 Å². The highest BCUT2D eigenvalue weighted by Gasteiger charge is 2.43. The van der Waals surface area contributed by atoms with Crippen LogP contribution in [-0.2, 0) is 15.8 Å². The molecule has 6 nitrogen and oxygen atoms in total. The highest BCUT2D eigenvalue weighted by Crippen LogP contribution is 2.41. The van der Waals surface area contributed by atoms with Crippen LogP contribution in [-0.4, -0.2) is 34.3 Å². The second kappa shape index (κ2) is 13.5. The number of carbonyl (C=O) groups is 3. The fourth-order valence-corrected chi connectivity index (χ4v) is 5.76. The van der Waals surface area contributed by atoms with Crippen LogP contribution in [0.4, 0.5) is 18.9 Å². The molecular weight excluding hydrogens is 684 g/mol. The summed E-state index contributed by atoms with van der Waals surface area (Å²) in [5, 5.41) is 9.40. The third-order valence-electron chi connectivity index (χ3n) is 7.34. The van der Waals surface area contributed by atoms with Crippen LogP contribution in [0.25, 0.3) is 0 Å². The number of halogens is 5. The Balaban J connectivity index is 1.79. The Labute approximate surface area is 260 Å². The van der Waals surface area contributed by atoms with Gasteiger partial charge in [-0.1, -0.05) is 48.7 Å². The van der Waals surface area contributed by atoms with Gasteiger partial charge in [-0.05, 0) is 95.9 Å². The smallest absolute Gasteiger partial charge is 0.416 e. The topological polar surface area (TPSA) is 77.9 Å². The summed E-state index contributed by atoms with van der Waals surface area (Å²) in [7, 11) is 0. The average Bonchev–Trinajstić information content (AvgIpc) is 3.02. The van der Waals surface area contributed by atoms with E-state index in [0.717, 1.165) is 15.7 Å². The maximum Gasteiger partial charge on any atom is 0.416 e. The fraction of sp³-hybridized carbons (Fsp3) is 0.323. The fourth-order valence-electron chi connectivity index (χ4n) is 5.15. The predicted molar refractivity (Wildman–Crippen MR) is 162 cm³/mol. The molecule has 0 aliphatic carbocycles. The molecule has 2 atom stereocenters. The van der Waals surface area contributed by atoms with E-state index in [1.807, 2.05) is 0 Å². The summed E-state index contributed by atoms with van der Waals surface area (Å²) in [6.45, 7) is 2.03. The second-order valence-electron chi connectivity index (χ2n) is 10.2. The molecule has 11 heteroatoms. The number of nitrogens with zero attached hydrogens (tertiary/aromatic N) is 2. The van der Waals surface area contributed by atoms with Crippen LogP contribution in [0, 0.1) is 3.57 Å². The highest BCUT2D eigenvalue weighted by atomic mass is 127. The molecule has 42 heavy (non-hydrogen) atoms. The molecule has 3 aromatic carbocycles. The number of alkyl halides is 3. The minimum absolute atomic E-state index is 0.0615. The van der Waals surface area contributed by atoms with Crippen LogP contribution in [0.2, 0.25) is 5.02 Å². The van der Waals surface area contributed by atoms with Gasteiger partial charge in [0.15, 0.2) is 0 Å². The Bertz CT molecular complexity index is 1450. The number of hydrogen-bond acceptors (Lipinski definition) is 3. The minimum Gasteiger partial charge on any atom is -0.481 e. The number of unbranched alkanes of at least 4 members (excludes halogenated alkanes) is 3. The van der Waals surface area contributed by atoms with E-state index in [2.05, 4.69) is 22.6 Å². The van der Waals surface area contributed by atoms with Crippen LogP contribution < -0.4 is 4.90 Å². The summed E-state index contributed by atoms with van der Waals surface area (Å²) < 4.78 is 41.0. The van der Waals surface area contributed by atoms with Crippen molar-refractivity contribution in [3.8, 4) is 0 Å². The van der Waals surface area contributed by atoms with Gasteiger partial charge < -0.3 is 14.9 Å². The quantitative estimate of drug-likeness (QED) is 0.170. The first kappa shape index (κ1) is 31.8. The number of aliphatic carboxylic acids is 1. The summed E-state index contributed by atoms with van der Waals surface area (Å²) in [5.41, 5.74) is 0.856. The molecule has 2 amide bonds. The molecule has 3 aromatic rings. The highest BCUT2D eigenvalue weighted by molar-refractivity contribution is 14.1. The van der Waals surface area contributed by atoms with E-state index in [1.54, 1.807) is 49.4 Å². The molecule has 0 saturated carbocycles. The van der Waals surface area contributed by atoms with Crippen molar-refractivity contribution in [3.05, 3.63) is 97.6 Å². The largest absolute Gasteiger partial charge is 0.481 e. The van der Waals surface area contributed by atoms with Crippen molar-refractivity contribution >= 4 is 57.7 Å². The molecule has 1 heterocycles. The first-order chi connectivity index (χ1) is 19.9. The van der Waals surface area contributed by atoms with Gasteiger partial charge in [-0.15, -0.1) is 0 Å². The van der Waals surface area contributed by atoms with Gasteiger partial charge in [0.05, 0.1) is 22.9 Å². The second-order valence-corrected chi connectivity index (χ2v) is 11.9. The molecule has 4 rings (SSSR count). The zero-order valence-electron chi connectivity index (χ0n) is 22.7. The third-order valence-corrected chi connectivity index (χ3v) is 8.26. The van der Waals surface area contributed by atoms with Crippen LogP contribution >= 0.6 is 34.2 Å². The van der Waals surface area contributed by atoms with Gasteiger partial charge in [0.1, 0.15) is 6.04 Å². The van der Waals surface area contributed by atoms with E-state index in [9.17, 15) is 27.6 Å². The zero-order chi connectivity index (χ0) is 30.6. The van der Waals surface area contributed by atoms with E-state index in [-0.39, 0.29) is 18.5 Å². The summed E-state index contributed by atoms with van der Waals surface area (Å²) in [6.07, 6.45) is -2.10. The lowest BCUT2D eigenvalue weighted by Crippen LogP contribution is -2.44. The predicted octanol–water partition coefficient (Wildman–Crippen LogP) is 8.29. The van der Waals surface area contributed by atoms with Crippen LogP contribution in [0.15, 0.2) is 66.7 Å². The average molecular weight is 713 g/mol. The number of carbonyl (C=O) groups excluding carboxylic acids is 2. The zero-order valence-corrected chi connectivity index (χ0v) is 25.6. The molecule has 0 bridgehead atoms. The van der Waals surface area contributed by atoms with Gasteiger partial charge in [-0.3, -0.25) is 14.4 Å². The number of hydrogen-bond donors (Lipinski definition) is 1. The number of anilines is 1. The van der Waals surface area contributed by atoms with E-state index >= 15 is 0 Å². The summed E-state index contributed by atoms with van der Waals surface area (Å²) in [6, 6.07) is 14.6. The third kappa shape index (κ3) is 7.26. The Morgan fingerprint density at radius 1 is 0.976 bits per heavy atom. The first-order valence-electron chi connectivity index (χ1n) is 13.5. The summed E-state index contributed by atoms with van der Waals surface area (Å²) >= 11 is 8.19. The molecule has 0 saturated heterocycles. The number of rotatable bonds is 10. The maximum atomic E-state index is 14.4.